The van der Waals surface area contributed by atoms with Crippen molar-refractivity contribution in [1.29, 1.82) is 0 Å². The van der Waals surface area contributed by atoms with Crippen molar-refractivity contribution < 1.29 is 19.7 Å². The molecule has 0 amide bonds. The molecule has 1 atom stereocenters. The van der Waals surface area contributed by atoms with Crippen molar-refractivity contribution in [3.8, 4) is 17.2 Å². The number of rotatable bonds is 1. The minimum absolute atomic E-state index is 0.111. The van der Waals surface area contributed by atoms with E-state index in [1.807, 2.05) is 4.90 Å². The van der Waals surface area contributed by atoms with Crippen LogP contribution in [-0.2, 0) is 0 Å². The van der Waals surface area contributed by atoms with Crippen LogP contribution in [-0.4, -0.2) is 49.3 Å². The fraction of sp³-hybridized carbons (Fsp3) is 0.500. The van der Waals surface area contributed by atoms with Crippen molar-refractivity contribution in [3.63, 3.8) is 0 Å². The molecule has 0 bridgehead atoms. The van der Waals surface area contributed by atoms with Crippen LogP contribution in [0, 0.1) is 0 Å². The molecule has 18 heavy (non-hydrogen) atoms. The highest BCUT2D eigenvalue weighted by atomic mass is 16.6. The molecule has 0 aliphatic carbocycles. The fourth-order valence-electron chi connectivity index (χ4n) is 2.31. The zero-order chi connectivity index (χ0) is 12.5. The van der Waals surface area contributed by atoms with Crippen molar-refractivity contribution >= 4 is 5.69 Å². The molecule has 2 heterocycles. The summed E-state index contributed by atoms with van der Waals surface area (Å²) in [6.07, 6.45) is -0.629. The molecule has 2 aliphatic rings. The standard InChI is InChI=1S/C12H16N2O4/c15-8-5-9(14-2-1-13-7-11(14)16)12-10(6-8)17-3-4-18-12/h5-6,11,13,15-16H,1-4,7H2. The van der Waals surface area contributed by atoms with Gasteiger partial charge in [0, 0.05) is 31.8 Å². The number of aliphatic hydroxyl groups is 1. The Kier molecular flexibility index (Phi) is 2.89. The number of fused-ring (bicyclic) bond motifs is 1. The van der Waals surface area contributed by atoms with Crippen molar-refractivity contribution in [3.05, 3.63) is 12.1 Å². The Labute approximate surface area is 105 Å². The van der Waals surface area contributed by atoms with Gasteiger partial charge in [0.15, 0.2) is 11.5 Å². The van der Waals surface area contributed by atoms with E-state index in [9.17, 15) is 10.2 Å². The Morgan fingerprint density at radius 1 is 1.28 bits per heavy atom. The predicted octanol–water partition coefficient (Wildman–Crippen LogP) is -0.109. The maximum Gasteiger partial charge on any atom is 0.185 e. The number of phenols is 1. The number of anilines is 1. The van der Waals surface area contributed by atoms with E-state index < -0.39 is 6.23 Å². The summed E-state index contributed by atoms with van der Waals surface area (Å²) in [5, 5.41) is 22.8. The number of aliphatic hydroxyl groups excluding tert-OH is 1. The molecule has 1 saturated heterocycles. The van der Waals surface area contributed by atoms with E-state index in [-0.39, 0.29) is 5.75 Å². The third-order valence-electron chi connectivity index (χ3n) is 3.13. The molecule has 1 aromatic carbocycles. The van der Waals surface area contributed by atoms with Crippen molar-refractivity contribution in [2.75, 3.05) is 37.7 Å². The lowest BCUT2D eigenvalue weighted by atomic mass is 10.2. The average molecular weight is 252 g/mol. The minimum atomic E-state index is -0.629. The molecule has 1 aromatic rings. The first-order valence-electron chi connectivity index (χ1n) is 6.04. The van der Waals surface area contributed by atoms with Gasteiger partial charge < -0.3 is 29.9 Å². The summed E-state index contributed by atoms with van der Waals surface area (Å²) in [7, 11) is 0. The molecule has 0 spiro atoms. The van der Waals surface area contributed by atoms with Gasteiger partial charge in [-0.25, -0.2) is 0 Å². The normalized spacial score (nSPS) is 22.9. The third-order valence-corrected chi connectivity index (χ3v) is 3.13. The Morgan fingerprint density at radius 2 is 2.11 bits per heavy atom. The lowest BCUT2D eigenvalue weighted by Crippen LogP contribution is -2.51. The van der Waals surface area contributed by atoms with E-state index in [0.717, 1.165) is 6.54 Å². The SMILES string of the molecule is Oc1cc2c(c(N3CCNCC3O)c1)OCCO2. The second-order valence-electron chi connectivity index (χ2n) is 4.37. The average Bonchev–Trinajstić information content (AvgIpc) is 2.38. The lowest BCUT2D eigenvalue weighted by Gasteiger charge is -2.36. The first kappa shape index (κ1) is 11.4. The summed E-state index contributed by atoms with van der Waals surface area (Å²) in [6.45, 7) is 2.88. The summed E-state index contributed by atoms with van der Waals surface area (Å²) in [5.74, 6) is 1.24. The Hall–Kier alpha value is -1.66. The molecule has 6 nitrogen and oxygen atoms in total. The Morgan fingerprint density at radius 3 is 2.94 bits per heavy atom. The monoisotopic (exact) mass is 252 g/mol. The number of phenolic OH excluding ortho intramolecular Hbond substituents is 1. The Bertz CT molecular complexity index is 452. The van der Waals surface area contributed by atoms with Crippen LogP contribution in [0.4, 0.5) is 5.69 Å². The van der Waals surface area contributed by atoms with Crippen LogP contribution < -0.4 is 19.7 Å². The van der Waals surface area contributed by atoms with Gasteiger partial charge in [0.1, 0.15) is 25.2 Å². The van der Waals surface area contributed by atoms with Crippen LogP contribution in [0.1, 0.15) is 0 Å². The number of piperazine rings is 1. The number of hydrogen-bond acceptors (Lipinski definition) is 6. The molecule has 1 unspecified atom stereocenters. The van der Waals surface area contributed by atoms with Crippen LogP contribution in [0.2, 0.25) is 0 Å². The van der Waals surface area contributed by atoms with Gasteiger partial charge in [-0.1, -0.05) is 0 Å². The molecule has 2 aliphatic heterocycles. The second kappa shape index (κ2) is 4.55. The highest BCUT2D eigenvalue weighted by Crippen LogP contribution is 2.43. The van der Waals surface area contributed by atoms with Crippen LogP contribution >= 0.6 is 0 Å². The fourth-order valence-corrected chi connectivity index (χ4v) is 2.31. The summed E-state index contributed by atoms with van der Waals surface area (Å²) in [5.41, 5.74) is 0.679. The van der Waals surface area contributed by atoms with Crippen molar-refractivity contribution in [2.45, 2.75) is 6.23 Å². The van der Waals surface area contributed by atoms with E-state index >= 15 is 0 Å². The smallest absolute Gasteiger partial charge is 0.185 e. The largest absolute Gasteiger partial charge is 0.508 e. The molecule has 0 aromatic heterocycles. The van der Waals surface area contributed by atoms with Crippen LogP contribution in [0.15, 0.2) is 12.1 Å². The summed E-state index contributed by atoms with van der Waals surface area (Å²) in [4.78, 5) is 1.81. The van der Waals surface area contributed by atoms with E-state index in [1.165, 1.54) is 6.07 Å². The van der Waals surface area contributed by atoms with Crippen LogP contribution in [0.25, 0.3) is 0 Å². The van der Waals surface area contributed by atoms with Gasteiger partial charge in [-0.2, -0.15) is 0 Å². The maximum absolute atomic E-state index is 10.0. The van der Waals surface area contributed by atoms with Crippen molar-refractivity contribution in [1.82, 2.24) is 5.32 Å². The van der Waals surface area contributed by atoms with Crippen LogP contribution in [0.5, 0.6) is 17.2 Å². The lowest BCUT2D eigenvalue weighted by molar-refractivity contribution is 0.145. The van der Waals surface area contributed by atoms with Crippen molar-refractivity contribution in [2.24, 2.45) is 0 Å². The van der Waals surface area contributed by atoms with Crippen LogP contribution in [0.3, 0.4) is 0 Å². The van der Waals surface area contributed by atoms with Gasteiger partial charge >= 0.3 is 0 Å². The molecule has 0 radical (unpaired) electrons. The molecule has 0 saturated carbocycles. The second-order valence-corrected chi connectivity index (χ2v) is 4.37. The molecular formula is C12H16N2O4. The molecule has 1 fully saturated rings. The Balaban J connectivity index is 2.01. The van der Waals surface area contributed by atoms with Gasteiger partial charge in [0.25, 0.3) is 0 Å². The number of ether oxygens (including phenoxy) is 2. The minimum Gasteiger partial charge on any atom is -0.508 e. The number of aromatic hydroxyl groups is 1. The molecule has 3 rings (SSSR count). The van der Waals surface area contributed by atoms with E-state index in [1.54, 1.807) is 6.07 Å². The summed E-state index contributed by atoms with van der Waals surface area (Å²) < 4.78 is 11.1. The zero-order valence-corrected chi connectivity index (χ0v) is 9.93. The zero-order valence-electron chi connectivity index (χ0n) is 9.93. The number of nitrogens with one attached hydrogen (secondary N) is 1. The van der Waals surface area contributed by atoms with Gasteiger partial charge in [-0.05, 0) is 0 Å². The number of nitrogens with zero attached hydrogens (tertiary/aromatic N) is 1. The summed E-state index contributed by atoms with van der Waals surface area (Å²) >= 11 is 0. The van der Waals surface area contributed by atoms with E-state index in [2.05, 4.69) is 5.32 Å². The third kappa shape index (κ3) is 1.93. The van der Waals surface area contributed by atoms with Gasteiger partial charge in [0.05, 0.1) is 5.69 Å². The quantitative estimate of drug-likeness (QED) is 0.647. The molecule has 6 heteroatoms. The number of benzene rings is 1. The molecular weight excluding hydrogens is 236 g/mol. The highest BCUT2D eigenvalue weighted by Gasteiger charge is 2.27. The first-order chi connectivity index (χ1) is 8.75. The van der Waals surface area contributed by atoms with E-state index in [0.29, 0.717) is 43.5 Å². The molecule has 3 N–H and O–H groups in total. The topological polar surface area (TPSA) is 74.2 Å². The van der Waals surface area contributed by atoms with Gasteiger partial charge in [-0.3, -0.25) is 0 Å². The predicted molar refractivity (Wildman–Crippen MR) is 65.3 cm³/mol. The highest BCUT2D eigenvalue weighted by molar-refractivity contribution is 5.68. The number of hydrogen-bond donors (Lipinski definition) is 3. The maximum atomic E-state index is 10.0. The van der Waals surface area contributed by atoms with Gasteiger partial charge in [-0.15, -0.1) is 0 Å². The first-order valence-corrected chi connectivity index (χ1v) is 6.04. The van der Waals surface area contributed by atoms with E-state index in [4.69, 9.17) is 9.47 Å². The molecule has 98 valence electrons. The summed E-state index contributed by atoms with van der Waals surface area (Å²) in [6, 6.07) is 3.13. The van der Waals surface area contributed by atoms with Gasteiger partial charge in [0.2, 0.25) is 0 Å². The number of β-amino-alcohol motifs (C(OH)–C–C–N with tert-alkyl or cyclic N) is 1.